The van der Waals surface area contributed by atoms with Gasteiger partial charge in [0.25, 0.3) is 0 Å². The molecule has 1 aromatic carbocycles. The maximum Gasteiger partial charge on any atom is 0.329 e. The smallest absolute Gasteiger partial charge is 0.329 e. The van der Waals surface area contributed by atoms with Gasteiger partial charge in [-0.2, -0.15) is 0 Å². The molecule has 2 N–H and O–H groups in total. The van der Waals surface area contributed by atoms with Crippen LogP contribution in [0.2, 0.25) is 5.15 Å². The van der Waals surface area contributed by atoms with E-state index in [1.807, 2.05) is 30.5 Å². The van der Waals surface area contributed by atoms with Gasteiger partial charge in [0.1, 0.15) is 17.8 Å². The molecule has 7 heteroatoms. The van der Waals surface area contributed by atoms with Crippen LogP contribution in [0.5, 0.6) is 0 Å². The van der Waals surface area contributed by atoms with Crippen LogP contribution in [0.25, 0.3) is 10.9 Å². The van der Waals surface area contributed by atoms with Crippen LogP contribution >= 0.6 is 11.6 Å². The van der Waals surface area contributed by atoms with Crippen molar-refractivity contribution in [2.75, 3.05) is 0 Å². The number of hydrogen-bond donors (Lipinski definition) is 2. The number of pyridine rings is 1. The maximum absolute atomic E-state index is 12.5. The Kier molecular flexibility index (Phi) is 5.53. The Hall–Kier alpha value is -2.86. The third kappa shape index (κ3) is 4.40. The molecule has 3 rings (SSSR count). The Morgan fingerprint density at radius 2 is 2.08 bits per heavy atom. The molecule has 0 unspecified atom stereocenters. The predicted molar refractivity (Wildman–Crippen MR) is 98.7 cm³/mol. The van der Waals surface area contributed by atoms with Crippen molar-refractivity contribution in [1.29, 1.82) is 0 Å². The number of ether oxygens (including phenoxy) is 1. The standard InChI is InChI=1S/C19H18ClN3O3/c1-12(24)23-17(8-14-10-21-16-5-3-2-4-15(14)16)19(25)26-11-13-6-7-18(20)22-9-13/h2-7,9-10,17,21H,8,11H2,1H3,(H,23,24)/t17-/m0/s1. The molecule has 0 radical (unpaired) electrons. The zero-order valence-electron chi connectivity index (χ0n) is 14.2. The molecule has 26 heavy (non-hydrogen) atoms. The first-order valence-corrected chi connectivity index (χ1v) is 8.50. The fraction of sp³-hybridized carbons (Fsp3) is 0.211. The lowest BCUT2D eigenvalue weighted by Gasteiger charge is -2.16. The number of benzene rings is 1. The molecule has 1 amide bonds. The minimum absolute atomic E-state index is 0.0625. The predicted octanol–water partition coefficient (Wildman–Crippen LogP) is 3.01. The van der Waals surface area contributed by atoms with E-state index < -0.39 is 12.0 Å². The fourth-order valence-corrected chi connectivity index (χ4v) is 2.82. The van der Waals surface area contributed by atoms with Crippen molar-refractivity contribution in [2.45, 2.75) is 26.0 Å². The number of amides is 1. The van der Waals surface area contributed by atoms with Gasteiger partial charge < -0.3 is 15.0 Å². The zero-order chi connectivity index (χ0) is 18.5. The van der Waals surface area contributed by atoms with Crippen LogP contribution in [0.1, 0.15) is 18.1 Å². The Labute approximate surface area is 155 Å². The van der Waals surface area contributed by atoms with Crippen LogP contribution in [-0.4, -0.2) is 27.9 Å². The van der Waals surface area contributed by atoms with E-state index in [1.165, 1.54) is 6.92 Å². The number of nitrogens with zero attached hydrogens (tertiary/aromatic N) is 1. The largest absolute Gasteiger partial charge is 0.459 e. The molecular weight excluding hydrogens is 354 g/mol. The molecule has 0 aliphatic carbocycles. The van der Waals surface area contributed by atoms with Gasteiger partial charge in [0.15, 0.2) is 0 Å². The number of H-pyrrole nitrogens is 1. The molecular formula is C19H18ClN3O3. The van der Waals surface area contributed by atoms with Gasteiger partial charge in [-0.3, -0.25) is 4.79 Å². The summed E-state index contributed by atoms with van der Waals surface area (Å²) in [5.74, 6) is -0.791. The molecule has 0 fully saturated rings. The van der Waals surface area contributed by atoms with E-state index in [2.05, 4.69) is 15.3 Å². The van der Waals surface area contributed by atoms with Gasteiger partial charge in [-0.25, -0.2) is 9.78 Å². The summed E-state index contributed by atoms with van der Waals surface area (Å²) in [7, 11) is 0. The van der Waals surface area contributed by atoms with Crippen LogP contribution in [0.15, 0.2) is 48.8 Å². The zero-order valence-corrected chi connectivity index (χ0v) is 14.9. The lowest BCUT2D eigenvalue weighted by Crippen LogP contribution is -2.42. The lowest BCUT2D eigenvalue weighted by atomic mass is 10.0. The highest BCUT2D eigenvalue weighted by atomic mass is 35.5. The highest BCUT2D eigenvalue weighted by Gasteiger charge is 2.23. The number of aromatic amines is 1. The Bertz CT molecular complexity index is 921. The summed E-state index contributed by atoms with van der Waals surface area (Å²) in [6, 6.07) is 10.4. The highest BCUT2D eigenvalue weighted by molar-refractivity contribution is 6.29. The molecule has 2 heterocycles. The number of halogens is 1. The number of fused-ring (bicyclic) bond motifs is 1. The van der Waals surface area contributed by atoms with Gasteiger partial charge >= 0.3 is 5.97 Å². The van der Waals surface area contributed by atoms with Crippen molar-refractivity contribution in [3.8, 4) is 0 Å². The highest BCUT2D eigenvalue weighted by Crippen LogP contribution is 2.19. The molecule has 0 bridgehead atoms. The van der Waals surface area contributed by atoms with Gasteiger partial charge in [-0.05, 0) is 17.7 Å². The van der Waals surface area contributed by atoms with Crippen molar-refractivity contribution in [3.05, 3.63) is 65.1 Å². The summed E-state index contributed by atoms with van der Waals surface area (Å²) in [6.07, 6.45) is 3.72. The minimum atomic E-state index is -0.771. The van der Waals surface area contributed by atoms with Crippen molar-refractivity contribution in [2.24, 2.45) is 0 Å². The van der Waals surface area contributed by atoms with Gasteiger partial charge in [-0.15, -0.1) is 0 Å². The SMILES string of the molecule is CC(=O)N[C@@H](Cc1c[nH]c2ccccc12)C(=O)OCc1ccc(Cl)nc1. The van der Waals surface area contributed by atoms with Crippen molar-refractivity contribution >= 4 is 34.4 Å². The third-order valence-electron chi connectivity index (χ3n) is 3.93. The molecule has 0 aliphatic rings. The van der Waals surface area contributed by atoms with E-state index in [-0.39, 0.29) is 12.5 Å². The van der Waals surface area contributed by atoms with Crippen molar-refractivity contribution in [3.63, 3.8) is 0 Å². The van der Waals surface area contributed by atoms with E-state index in [0.717, 1.165) is 22.0 Å². The van der Waals surface area contributed by atoms with Gasteiger partial charge in [0.2, 0.25) is 5.91 Å². The summed E-state index contributed by atoms with van der Waals surface area (Å²) in [5.41, 5.74) is 2.63. The number of para-hydroxylation sites is 1. The van der Waals surface area contributed by atoms with Crippen LogP contribution in [0.4, 0.5) is 0 Å². The van der Waals surface area contributed by atoms with Crippen molar-refractivity contribution < 1.29 is 14.3 Å². The lowest BCUT2D eigenvalue weighted by molar-refractivity contribution is -0.149. The third-order valence-corrected chi connectivity index (χ3v) is 4.15. The molecule has 0 saturated carbocycles. The van der Waals surface area contributed by atoms with E-state index >= 15 is 0 Å². The number of rotatable bonds is 6. The second kappa shape index (κ2) is 8.01. The summed E-state index contributed by atoms with van der Waals surface area (Å²) in [6.45, 7) is 1.44. The van der Waals surface area contributed by atoms with Crippen molar-refractivity contribution in [1.82, 2.24) is 15.3 Å². The monoisotopic (exact) mass is 371 g/mol. The first kappa shape index (κ1) is 17.9. The molecule has 2 aromatic heterocycles. The maximum atomic E-state index is 12.5. The number of hydrogen-bond acceptors (Lipinski definition) is 4. The summed E-state index contributed by atoms with van der Waals surface area (Å²) in [5, 5.41) is 4.05. The number of nitrogens with one attached hydrogen (secondary N) is 2. The average Bonchev–Trinajstić information content (AvgIpc) is 3.03. The fourth-order valence-electron chi connectivity index (χ4n) is 2.71. The Morgan fingerprint density at radius 3 is 2.81 bits per heavy atom. The molecule has 6 nitrogen and oxygen atoms in total. The number of aromatic nitrogens is 2. The molecule has 0 aliphatic heterocycles. The Balaban J connectivity index is 1.71. The summed E-state index contributed by atoms with van der Waals surface area (Å²) in [4.78, 5) is 31.1. The molecule has 0 spiro atoms. The van der Waals surface area contributed by atoms with Crippen LogP contribution in [0, 0.1) is 0 Å². The topological polar surface area (TPSA) is 84.1 Å². The van der Waals surface area contributed by atoms with Crippen LogP contribution in [0.3, 0.4) is 0 Å². The number of esters is 1. The molecule has 3 aromatic rings. The average molecular weight is 372 g/mol. The number of carbonyl (C=O) groups is 2. The first-order valence-electron chi connectivity index (χ1n) is 8.12. The number of carbonyl (C=O) groups excluding carboxylic acids is 2. The normalized spacial score (nSPS) is 11.9. The first-order chi connectivity index (χ1) is 12.5. The molecule has 1 atom stereocenters. The quantitative estimate of drug-likeness (QED) is 0.515. The van der Waals surface area contributed by atoms with E-state index in [4.69, 9.17) is 16.3 Å². The van der Waals surface area contributed by atoms with Gasteiger partial charge in [0, 0.05) is 42.2 Å². The molecule has 0 saturated heterocycles. The molecule has 134 valence electrons. The van der Waals surface area contributed by atoms with E-state index in [9.17, 15) is 9.59 Å². The minimum Gasteiger partial charge on any atom is -0.459 e. The summed E-state index contributed by atoms with van der Waals surface area (Å²) < 4.78 is 5.34. The van der Waals surface area contributed by atoms with Crippen LogP contribution in [-0.2, 0) is 27.4 Å². The summed E-state index contributed by atoms with van der Waals surface area (Å²) >= 11 is 5.74. The van der Waals surface area contributed by atoms with E-state index in [1.54, 1.807) is 18.3 Å². The van der Waals surface area contributed by atoms with Crippen LogP contribution < -0.4 is 5.32 Å². The van der Waals surface area contributed by atoms with E-state index in [0.29, 0.717) is 11.6 Å². The second-order valence-electron chi connectivity index (χ2n) is 5.91. The Morgan fingerprint density at radius 1 is 1.27 bits per heavy atom. The van der Waals surface area contributed by atoms with Gasteiger partial charge in [-0.1, -0.05) is 35.9 Å². The second-order valence-corrected chi connectivity index (χ2v) is 6.30. The van der Waals surface area contributed by atoms with Gasteiger partial charge in [0.05, 0.1) is 0 Å².